The largest absolute Gasteiger partial charge is 0.472 e. The molecule has 0 saturated heterocycles. The Kier molecular flexibility index (Phi) is 42.2. The minimum Gasteiger partial charge on any atom is -0.462 e. The summed E-state index contributed by atoms with van der Waals surface area (Å²) < 4.78 is 32.7. The van der Waals surface area contributed by atoms with Crippen molar-refractivity contribution in [3.05, 3.63) is 109 Å². The van der Waals surface area contributed by atoms with Crippen LogP contribution < -0.4 is 0 Å². The first-order chi connectivity index (χ1) is 29.7. The van der Waals surface area contributed by atoms with Crippen LogP contribution in [0, 0.1) is 0 Å². The molecule has 0 aliphatic carbocycles. The van der Waals surface area contributed by atoms with Crippen LogP contribution in [-0.4, -0.2) is 65.7 Å². The van der Waals surface area contributed by atoms with E-state index < -0.39 is 51.8 Å². The molecule has 0 aromatic carbocycles. The normalized spacial score (nSPS) is 14.8. The summed E-state index contributed by atoms with van der Waals surface area (Å²) in [4.78, 5) is 35.1. The molecule has 0 heterocycles. The smallest absolute Gasteiger partial charge is 0.462 e. The predicted octanol–water partition coefficient (Wildman–Crippen LogP) is 12.6. The third-order valence-electron chi connectivity index (χ3n) is 8.91. The molecule has 0 aromatic rings. The van der Waals surface area contributed by atoms with E-state index in [0.717, 1.165) is 89.9 Å². The van der Waals surface area contributed by atoms with Crippen molar-refractivity contribution < 1.29 is 47.8 Å². The van der Waals surface area contributed by atoms with Gasteiger partial charge in [-0.05, 0) is 103 Å². The number of carbonyl (C=O) groups excluding carboxylic acids is 2. The third-order valence-corrected chi connectivity index (χ3v) is 9.86. The van der Waals surface area contributed by atoms with Crippen LogP contribution >= 0.6 is 7.82 Å². The van der Waals surface area contributed by atoms with Crippen molar-refractivity contribution in [2.24, 2.45) is 0 Å². The van der Waals surface area contributed by atoms with Gasteiger partial charge in [0, 0.05) is 12.8 Å². The second-order valence-corrected chi connectivity index (χ2v) is 16.1. The highest BCUT2D eigenvalue weighted by molar-refractivity contribution is 7.47. The fraction of sp³-hybridized carbons (Fsp3) is 0.600. The van der Waals surface area contributed by atoms with E-state index in [1.54, 1.807) is 0 Å². The summed E-state index contributed by atoms with van der Waals surface area (Å²) in [5.41, 5.74) is 0. The molecule has 346 valence electrons. The summed E-state index contributed by atoms with van der Waals surface area (Å²) in [5.74, 6) is -1.01. The number of hydrogen-bond donors (Lipinski definition) is 3. The highest BCUT2D eigenvalue weighted by Crippen LogP contribution is 2.43. The molecule has 0 aliphatic rings. The number of esters is 2. The lowest BCUT2D eigenvalue weighted by atomic mass is 10.1. The number of phosphoric ester groups is 1. The number of phosphoric acid groups is 1. The summed E-state index contributed by atoms with van der Waals surface area (Å²) in [6.45, 7) is 2.14. The Bertz CT molecular complexity index is 1370. The molecule has 3 atom stereocenters. The zero-order chi connectivity index (χ0) is 44.8. The molecule has 0 spiro atoms. The van der Waals surface area contributed by atoms with E-state index in [1.807, 2.05) is 0 Å². The van der Waals surface area contributed by atoms with Crippen LogP contribution in [0.3, 0.4) is 0 Å². The van der Waals surface area contributed by atoms with Gasteiger partial charge in [-0.25, -0.2) is 4.57 Å². The first-order valence-electron chi connectivity index (χ1n) is 22.8. The number of carbonyl (C=O) groups is 2. The van der Waals surface area contributed by atoms with Crippen LogP contribution in [0.1, 0.15) is 155 Å². The lowest BCUT2D eigenvalue weighted by molar-refractivity contribution is -0.161. The van der Waals surface area contributed by atoms with Gasteiger partial charge in [0.15, 0.2) is 6.10 Å². The summed E-state index contributed by atoms with van der Waals surface area (Å²) >= 11 is 0. The third kappa shape index (κ3) is 44.5. The molecular weight excluding hydrogens is 792 g/mol. The fourth-order valence-corrected chi connectivity index (χ4v) is 6.20. The fourth-order valence-electron chi connectivity index (χ4n) is 5.41. The topological polar surface area (TPSA) is 149 Å². The molecule has 0 bridgehead atoms. The lowest BCUT2D eigenvalue weighted by Crippen LogP contribution is -2.29. The van der Waals surface area contributed by atoms with Gasteiger partial charge in [0.25, 0.3) is 0 Å². The average molecular weight is 873 g/mol. The molecule has 0 radical (unpaired) electrons. The van der Waals surface area contributed by atoms with Crippen molar-refractivity contribution in [3.63, 3.8) is 0 Å². The maximum Gasteiger partial charge on any atom is 0.472 e. The van der Waals surface area contributed by atoms with Crippen molar-refractivity contribution in [2.75, 3.05) is 26.4 Å². The molecule has 11 heteroatoms. The summed E-state index contributed by atoms with van der Waals surface area (Å²) in [6.07, 6.45) is 56.2. The van der Waals surface area contributed by atoms with E-state index in [2.05, 4.69) is 128 Å². The Balaban J connectivity index is 4.43. The van der Waals surface area contributed by atoms with Crippen molar-refractivity contribution in [3.8, 4) is 0 Å². The molecule has 0 rings (SSSR count). The van der Waals surface area contributed by atoms with Gasteiger partial charge in [0.2, 0.25) is 0 Å². The van der Waals surface area contributed by atoms with Gasteiger partial charge in [0.1, 0.15) is 12.7 Å². The summed E-state index contributed by atoms with van der Waals surface area (Å²) in [7, 11) is -4.65. The average Bonchev–Trinajstić information content (AvgIpc) is 3.25. The quantitative estimate of drug-likeness (QED) is 0.0235. The molecular formula is C50H81O10P. The van der Waals surface area contributed by atoms with E-state index >= 15 is 0 Å². The number of ether oxygens (including phenoxy) is 2. The summed E-state index contributed by atoms with van der Waals surface area (Å²) in [5, 5.41) is 18.4. The Hall–Kier alpha value is -3.37. The molecule has 1 unspecified atom stereocenters. The predicted molar refractivity (Wildman–Crippen MR) is 251 cm³/mol. The Morgan fingerprint density at radius 1 is 0.508 bits per heavy atom. The van der Waals surface area contributed by atoms with Crippen LogP contribution in [0.2, 0.25) is 0 Å². The maximum absolute atomic E-state index is 12.6. The summed E-state index contributed by atoms with van der Waals surface area (Å²) in [6, 6.07) is 0. The van der Waals surface area contributed by atoms with Gasteiger partial charge in [-0.3, -0.25) is 18.6 Å². The van der Waals surface area contributed by atoms with Crippen LogP contribution in [0.15, 0.2) is 109 Å². The molecule has 0 amide bonds. The Labute approximate surface area is 369 Å². The van der Waals surface area contributed by atoms with Gasteiger partial charge < -0.3 is 24.6 Å². The molecule has 0 aromatic heterocycles. The van der Waals surface area contributed by atoms with Gasteiger partial charge in [-0.2, -0.15) is 0 Å². The van der Waals surface area contributed by atoms with Crippen molar-refractivity contribution in [2.45, 2.75) is 167 Å². The molecule has 61 heavy (non-hydrogen) atoms. The number of allylic oxidation sites excluding steroid dienone is 18. The zero-order valence-corrected chi connectivity index (χ0v) is 38.5. The molecule has 0 saturated carbocycles. The minimum atomic E-state index is -4.65. The lowest BCUT2D eigenvalue weighted by Gasteiger charge is -2.20. The monoisotopic (exact) mass is 873 g/mol. The van der Waals surface area contributed by atoms with E-state index in [4.69, 9.17) is 19.1 Å². The highest BCUT2D eigenvalue weighted by atomic mass is 31.2. The van der Waals surface area contributed by atoms with Crippen LogP contribution in [0.4, 0.5) is 0 Å². The Morgan fingerprint density at radius 2 is 0.902 bits per heavy atom. The molecule has 10 nitrogen and oxygen atoms in total. The molecule has 3 N–H and O–H groups in total. The van der Waals surface area contributed by atoms with Gasteiger partial charge >= 0.3 is 19.8 Å². The standard InChI is InChI=1S/C50H81O10P/c1-3-5-7-9-11-13-15-17-19-21-23-25-27-29-31-33-35-37-39-41-49(53)57-45-48(46-59-61(55,56)58-44-47(52)43-51)60-50(54)42-40-38-36-34-32-30-28-26-24-22-20-18-16-14-12-10-8-6-4-2/h5,7,11-14,17-20,23-26,29-32,47-48,51-52H,3-4,6,8-10,15-16,21-22,27-28,33-46H2,1-2H3,(H,55,56)/b7-5+,13-11+,14-12+,19-17+,20-18+,25-23+,26-24+,31-29+,32-30+/t47-,48+/m0/s1. The van der Waals surface area contributed by atoms with Gasteiger partial charge in [-0.15, -0.1) is 0 Å². The Morgan fingerprint density at radius 3 is 1.33 bits per heavy atom. The number of aliphatic hydroxyl groups is 2. The van der Waals surface area contributed by atoms with Gasteiger partial charge in [-0.1, -0.05) is 149 Å². The van der Waals surface area contributed by atoms with Crippen LogP contribution in [0.5, 0.6) is 0 Å². The van der Waals surface area contributed by atoms with Gasteiger partial charge in [0.05, 0.1) is 19.8 Å². The highest BCUT2D eigenvalue weighted by Gasteiger charge is 2.27. The second-order valence-electron chi connectivity index (χ2n) is 14.7. The van der Waals surface area contributed by atoms with Crippen molar-refractivity contribution in [1.29, 1.82) is 0 Å². The zero-order valence-electron chi connectivity index (χ0n) is 37.6. The van der Waals surface area contributed by atoms with Crippen LogP contribution in [0.25, 0.3) is 0 Å². The minimum absolute atomic E-state index is 0.132. The number of aliphatic hydroxyl groups excluding tert-OH is 2. The maximum atomic E-state index is 12.6. The van der Waals surface area contributed by atoms with E-state index in [0.29, 0.717) is 12.8 Å². The van der Waals surface area contributed by atoms with E-state index in [1.165, 1.54) is 25.7 Å². The number of unbranched alkanes of at least 4 members (excludes halogenated alkanes) is 9. The van der Waals surface area contributed by atoms with Crippen molar-refractivity contribution >= 4 is 19.8 Å². The second kappa shape index (κ2) is 44.7. The first kappa shape index (κ1) is 57.6. The number of rotatable bonds is 41. The SMILES string of the molecule is CC/C=C/C/C=C/C/C=C/C/C=C/C/C=C/CCCCCC(=O)OC[C@H](COP(=O)(O)OC[C@@H](O)CO)OC(=O)CCCCC/C=C/C/C=C/C/C=C/C/C=C/CCCCC. The van der Waals surface area contributed by atoms with Crippen LogP contribution in [-0.2, 0) is 32.7 Å². The number of hydrogen-bond acceptors (Lipinski definition) is 9. The van der Waals surface area contributed by atoms with E-state index in [9.17, 15) is 24.2 Å². The molecule has 0 fully saturated rings. The molecule has 0 aliphatic heterocycles. The van der Waals surface area contributed by atoms with E-state index in [-0.39, 0.29) is 19.4 Å². The first-order valence-corrected chi connectivity index (χ1v) is 24.3. The van der Waals surface area contributed by atoms with Crippen molar-refractivity contribution in [1.82, 2.24) is 0 Å².